The molecule has 1 aromatic carbocycles. The van der Waals surface area contributed by atoms with E-state index in [2.05, 4.69) is 24.1 Å². The maximum Gasteiger partial charge on any atom is 0.258 e. The van der Waals surface area contributed by atoms with Crippen LogP contribution in [-0.4, -0.2) is 37.2 Å². The van der Waals surface area contributed by atoms with Gasteiger partial charge in [-0.05, 0) is 30.9 Å². The Kier molecular flexibility index (Phi) is 4.68. The number of ether oxygens (including phenoxy) is 1. The lowest BCUT2D eigenvalue weighted by atomic mass is 10.3. The summed E-state index contributed by atoms with van der Waals surface area (Å²) in [5.74, 6) is 1.40. The van der Waals surface area contributed by atoms with Crippen LogP contribution in [0.3, 0.4) is 0 Å². The molecule has 0 aliphatic rings. The van der Waals surface area contributed by atoms with Gasteiger partial charge in [-0.1, -0.05) is 18.2 Å². The van der Waals surface area contributed by atoms with E-state index in [0.29, 0.717) is 0 Å². The normalized spacial score (nSPS) is 11.9. The summed E-state index contributed by atoms with van der Waals surface area (Å²) in [5, 5.41) is 2.87. The molecule has 0 saturated carbocycles. The van der Waals surface area contributed by atoms with Crippen LogP contribution in [0.5, 0.6) is 5.75 Å². The fraction of sp³-hybridized carbons (Fsp3) is 0.417. The predicted octanol–water partition coefficient (Wildman–Crippen LogP) is 1.83. The molecule has 16 heavy (non-hydrogen) atoms. The second kappa shape index (κ2) is 5.80. The van der Waals surface area contributed by atoms with E-state index in [4.69, 9.17) is 4.74 Å². The van der Waals surface area contributed by atoms with Gasteiger partial charge in [0.2, 0.25) is 0 Å². The zero-order chi connectivity index (χ0) is 12.0. The van der Waals surface area contributed by atoms with Gasteiger partial charge in [0.25, 0.3) is 5.91 Å². The van der Waals surface area contributed by atoms with Crippen molar-refractivity contribution >= 4 is 15.9 Å². The molecule has 0 spiro atoms. The van der Waals surface area contributed by atoms with Crippen LogP contribution in [0.2, 0.25) is 0 Å². The highest BCUT2D eigenvalue weighted by molar-refractivity contribution is 8.32. The second-order valence-corrected chi connectivity index (χ2v) is 8.91. The van der Waals surface area contributed by atoms with Crippen molar-refractivity contribution in [3.8, 4) is 5.75 Å². The van der Waals surface area contributed by atoms with Gasteiger partial charge in [-0.15, -0.1) is 0 Å². The molecule has 1 amide bonds. The lowest BCUT2D eigenvalue weighted by Gasteiger charge is -2.25. The number of nitrogens with one attached hydrogen (secondary N) is 1. The highest BCUT2D eigenvalue weighted by Gasteiger charge is 2.07. The average Bonchev–Trinajstić information content (AvgIpc) is 2.24. The van der Waals surface area contributed by atoms with Gasteiger partial charge in [0.05, 0.1) is 0 Å². The fourth-order valence-electron chi connectivity index (χ4n) is 1.01. The number of amides is 1. The third-order valence-electron chi connectivity index (χ3n) is 1.82. The quantitative estimate of drug-likeness (QED) is 0.854. The first-order chi connectivity index (χ1) is 7.47. The number of rotatable bonds is 5. The molecule has 0 bridgehead atoms. The number of carbonyl (C=O) groups is 1. The fourth-order valence-corrected chi connectivity index (χ4v) is 1.61. The van der Waals surface area contributed by atoms with Gasteiger partial charge in [-0.2, -0.15) is 0 Å². The van der Waals surface area contributed by atoms with Gasteiger partial charge < -0.3 is 10.1 Å². The summed E-state index contributed by atoms with van der Waals surface area (Å²) in [6, 6.07) is 9.35. The SMILES string of the molecule is CS(C)(C)CNC(=O)COc1ccccc1. The van der Waals surface area contributed by atoms with E-state index in [9.17, 15) is 4.79 Å². The Bertz CT molecular complexity index is 333. The molecule has 0 atom stereocenters. The number of hydrogen-bond acceptors (Lipinski definition) is 2. The molecular formula is C12H19NO2S. The number of carbonyl (C=O) groups excluding carboxylic acids is 1. The molecule has 0 heterocycles. The zero-order valence-corrected chi connectivity index (χ0v) is 10.8. The summed E-state index contributed by atoms with van der Waals surface area (Å²) in [7, 11) is -0.690. The number of benzene rings is 1. The molecule has 1 N–H and O–H groups in total. The highest BCUT2D eigenvalue weighted by atomic mass is 32.3. The molecule has 0 aliphatic heterocycles. The van der Waals surface area contributed by atoms with Crippen molar-refractivity contribution in [2.45, 2.75) is 0 Å². The molecule has 0 radical (unpaired) electrons. The van der Waals surface area contributed by atoms with Crippen LogP contribution in [0.1, 0.15) is 0 Å². The first kappa shape index (κ1) is 12.9. The van der Waals surface area contributed by atoms with Crippen molar-refractivity contribution < 1.29 is 9.53 Å². The summed E-state index contributed by atoms with van der Waals surface area (Å²) in [5.41, 5.74) is 0. The Hall–Kier alpha value is -1.16. The van der Waals surface area contributed by atoms with Crippen LogP contribution in [0.4, 0.5) is 0 Å². The summed E-state index contributed by atoms with van der Waals surface area (Å²) in [4.78, 5) is 11.4. The Morgan fingerprint density at radius 1 is 1.25 bits per heavy atom. The van der Waals surface area contributed by atoms with Crippen LogP contribution >= 0.6 is 10.0 Å². The van der Waals surface area contributed by atoms with Crippen molar-refractivity contribution in [2.75, 3.05) is 31.3 Å². The lowest BCUT2D eigenvalue weighted by Crippen LogP contribution is -2.31. The van der Waals surface area contributed by atoms with E-state index < -0.39 is 10.0 Å². The maximum atomic E-state index is 11.4. The molecule has 3 nitrogen and oxygen atoms in total. The smallest absolute Gasteiger partial charge is 0.258 e. The third-order valence-corrected chi connectivity index (χ3v) is 2.83. The van der Waals surface area contributed by atoms with Gasteiger partial charge >= 0.3 is 0 Å². The Morgan fingerprint density at radius 2 is 1.88 bits per heavy atom. The van der Waals surface area contributed by atoms with Gasteiger partial charge in [0.15, 0.2) is 6.61 Å². The minimum absolute atomic E-state index is 0.0636. The van der Waals surface area contributed by atoms with E-state index >= 15 is 0 Å². The van der Waals surface area contributed by atoms with Crippen LogP contribution < -0.4 is 10.1 Å². The van der Waals surface area contributed by atoms with Gasteiger partial charge in [-0.25, -0.2) is 10.0 Å². The number of para-hydroxylation sites is 1. The zero-order valence-electron chi connectivity index (χ0n) is 10.0. The molecule has 0 saturated heterocycles. The Labute approximate surface area is 98.5 Å². The lowest BCUT2D eigenvalue weighted by molar-refractivity contribution is -0.122. The topological polar surface area (TPSA) is 38.3 Å². The Morgan fingerprint density at radius 3 is 2.44 bits per heavy atom. The van der Waals surface area contributed by atoms with Crippen LogP contribution in [0.15, 0.2) is 30.3 Å². The summed E-state index contributed by atoms with van der Waals surface area (Å²) >= 11 is 0. The van der Waals surface area contributed by atoms with E-state index in [1.807, 2.05) is 30.3 Å². The first-order valence-corrected chi connectivity index (χ1v) is 8.10. The van der Waals surface area contributed by atoms with Crippen molar-refractivity contribution in [1.82, 2.24) is 5.32 Å². The average molecular weight is 241 g/mol. The van der Waals surface area contributed by atoms with Crippen molar-refractivity contribution in [1.29, 1.82) is 0 Å². The van der Waals surface area contributed by atoms with E-state index in [-0.39, 0.29) is 12.5 Å². The molecule has 0 aliphatic carbocycles. The van der Waals surface area contributed by atoms with Crippen molar-refractivity contribution in [3.63, 3.8) is 0 Å². The molecule has 0 unspecified atom stereocenters. The Balaban J connectivity index is 2.26. The molecule has 0 aromatic heterocycles. The molecule has 90 valence electrons. The van der Waals surface area contributed by atoms with Gasteiger partial charge in [0.1, 0.15) is 5.75 Å². The predicted molar refractivity (Wildman–Crippen MR) is 70.3 cm³/mol. The maximum absolute atomic E-state index is 11.4. The highest BCUT2D eigenvalue weighted by Crippen LogP contribution is 2.32. The van der Waals surface area contributed by atoms with E-state index in [0.717, 1.165) is 11.6 Å². The second-order valence-electron chi connectivity index (χ2n) is 4.44. The monoisotopic (exact) mass is 241 g/mol. The van der Waals surface area contributed by atoms with Gasteiger partial charge in [0, 0.05) is 5.88 Å². The molecule has 1 rings (SSSR count). The van der Waals surface area contributed by atoms with Crippen molar-refractivity contribution in [2.24, 2.45) is 0 Å². The van der Waals surface area contributed by atoms with Crippen LogP contribution in [0.25, 0.3) is 0 Å². The summed E-state index contributed by atoms with van der Waals surface area (Å²) < 4.78 is 5.33. The molecule has 0 fully saturated rings. The molecular weight excluding hydrogens is 222 g/mol. The summed E-state index contributed by atoms with van der Waals surface area (Å²) in [6.45, 7) is 0.0829. The van der Waals surface area contributed by atoms with Crippen molar-refractivity contribution in [3.05, 3.63) is 30.3 Å². The van der Waals surface area contributed by atoms with E-state index in [1.54, 1.807) is 0 Å². The largest absolute Gasteiger partial charge is 0.484 e. The van der Waals surface area contributed by atoms with Crippen LogP contribution in [-0.2, 0) is 4.79 Å². The number of hydrogen-bond donors (Lipinski definition) is 1. The molecule has 1 aromatic rings. The summed E-state index contributed by atoms with van der Waals surface area (Å²) in [6.07, 6.45) is 6.47. The first-order valence-electron chi connectivity index (χ1n) is 5.08. The van der Waals surface area contributed by atoms with Gasteiger partial charge in [-0.3, -0.25) is 4.79 Å². The minimum atomic E-state index is -0.690. The molecule has 4 heteroatoms. The van der Waals surface area contributed by atoms with E-state index in [1.165, 1.54) is 0 Å². The minimum Gasteiger partial charge on any atom is -0.484 e. The third kappa shape index (κ3) is 5.66. The standard InChI is InChI=1S/C12H19NO2S/c1-16(2,3)10-13-12(14)9-15-11-7-5-4-6-8-11/h4-8H,9-10H2,1-3H3,(H,13,14). The van der Waals surface area contributed by atoms with Crippen LogP contribution in [0, 0.1) is 0 Å².